The van der Waals surface area contributed by atoms with Crippen molar-refractivity contribution in [3.05, 3.63) is 0 Å². The number of thiocarbonyl (C=S) groups is 1. The van der Waals surface area contributed by atoms with E-state index < -0.39 is 8.80 Å². The minimum absolute atomic E-state index is 0.615. The standard InChI is InChI=1S/C23H48O4SSi/c1-5-9-10-11-12-13-14-15-16-17-18-20-23(28)24-21-19-22-29(25-6-2,26-7-3)27-8-4/h5-22H2,1-4H3. The molecule has 0 aromatic rings. The molecule has 0 aliphatic carbocycles. The monoisotopic (exact) mass is 448 g/mol. The third kappa shape index (κ3) is 17.4. The highest BCUT2D eigenvalue weighted by Gasteiger charge is 2.39. The molecular formula is C23H48O4SSi. The molecular weight excluding hydrogens is 400 g/mol. The van der Waals surface area contributed by atoms with Crippen molar-refractivity contribution >= 4 is 26.1 Å². The molecule has 0 saturated heterocycles. The molecule has 0 heterocycles. The summed E-state index contributed by atoms with van der Waals surface area (Å²) in [6.07, 6.45) is 16.6. The van der Waals surface area contributed by atoms with Crippen molar-refractivity contribution in [1.82, 2.24) is 0 Å². The van der Waals surface area contributed by atoms with Crippen molar-refractivity contribution in [2.24, 2.45) is 0 Å². The lowest BCUT2D eigenvalue weighted by Crippen LogP contribution is -2.46. The summed E-state index contributed by atoms with van der Waals surface area (Å²) in [5.74, 6) is 0. The van der Waals surface area contributed by atoms with Gasteiger partial charge in [0.1, 0.15) is 0 Å². The fourth-order valence-electron chi connectivity index (χ4n) is 3.48. The summed E-state index contributed by atoms with van der Waals surface area (Å²) < 4.78 is 23.4. The number of ether oxygens (including phenoxy) is 1. The van der Waals surface area contributed by atoms with Gasteiger partial charge in [-0.15, -0.1) is 0 Å². The molecule has 0 unspecified atom stereocenters. The second kappa shape index (κ2) is 21.2. The van der Waals surface area contributed by atoms with Crippen LogP contribution in [0.4, 0.5) is 0 Å². The zero-order chi connectivity index (χ0) is 21.6. The molecule has 29 heavy (non-hydrogen) atoms. The molecule has 0 radical (unpaired) electrons. The second-order valence-electron chi connectivity index (χ2n) is 7.59. The van der Waals surface area contributed by atoms with Crippen molar-refractivity contribution < 1.29 is 18.0 Å². The lowest BCUT2D eigenvalue weighted by molar-refractivity contribution is 0.0695. The molecule has 6 heteroatoms. The van der Waals surface area contributed by atoms with E-state index in [2.05, 4.69) is 6.92 Å². The zero-order valence-electron chi connectivity index (χ0n) is 19.8. The molecule has 0 aliphatic rings. The van der Waals surface area contributed by atoms with Crippen LogP contribution in [0.2, 0.25) is 6.04 Å². The van der Waals surface area contributed by atoms with Gasteiger partial charge in [0.2, 0.25) is 0 Å². The predicted molar refractivity (Wildman–Crippen MR) is 130 cm³/mol. The van der Waals surface area contributed by atoms with E-state index in [0.717, 1.165) is 30.4 Å². The van der Waals surface area contributed by atoms with Crippen LogP contribution in [0.3, 0.4) is 0 Å². The van der Waals surface area contributed by atoms with Gasteiger partial charge in [0.15, 0.2) is 5.05 Å². The van der Waals surface area contributed by atoms with Gasteiger partial charge < -0.3 is 18.0 Å². The van der Waals surface area contributed by atoms with Crippen LogP contribution >= 0.6 is 12.2 Å². The fraction of sp³-hybridized carbons (Fsp3) is 0.957. The molecule has 174 valence electrons. The topological polar surface area (TPSA) is 36.9 Å². The maximum atomic E-state index is 5.87. The van der Waals surface area contributed by atoms with E-state index >= 15 is 0 Å². The first-order valence-electron chi connectivity index (χ1n) is 12.2. The normalized spacial score (nSPS) is 11.7. The number of hydrogen-bond acceptors (Lipinski definition) is 5. The molecule has 0 rings (SSSR count). The first-order chi connectivity index (χ1) is 14.1. The third-order valence-electron chi connectivity index (χ3n) is 4.97. The van der Waals surface area contributed by atoms with Crippen molar-refractivity contribution in [3.8, 4) is 0 Å². The van der Waals surface area contributed by atoms with E-state index in [-0.39, 0.29) is 0 Å². The summed E-state index contributed by atoms with van der Waals surface area (Å²) in [5, 5.41) is 0.748. The summed E-state index contributed by atoms with van der Waals surface area (Å²) in [5.41, 5.74) is 0. The van der Waals surface area contributed by atoms with Gasteiger partial charge in [0, 0.05) is 32.3 Å². The van der Waals surface area contributed by atoms with Gasteiger partial charge in [-0.2, -0.15) is 0 Å². The van der Waals surface area contributed by atoms with E-state index in [4.69, 9.17) is 30.2 Å². The van der Waals surface area contributed by atoms with Crippen LogP contribution in [0.5, 0.6) is 0 Å². The Morgan fingerprint density at radius 2 is 1.07 bits per heavy atom. The molecule has 0 aromatic carbocycles. The summed E-state index contributed by atoms with van der Waals surface area (Å²) in [7, 11) is -2.55. The summed E-state index contributed by atoms with van der Waals surface area (Å²) in [4.78, 5) is 0. The summed E-state index contributed by atoms with van der Waals surface area (Å²) in [6.45, 7) is 10.7. The summed E-state index contributed by atoms with van der Waals surface area (Å²) >= 11 is 5.38. The smallest absolute Gasteiger partial charge is 0.487 e. The third-order valence-corrected chi connectivity index (χ3v) is 8.44. The van der Waals surface area contributed by atoms with E-state index in [1.165, 1.54) is 64.2 Å². The fourth-order valence-corrected chi connectivity index (χ4v) is 6.29. The largest absolute Gasteiger partial charge is 0.501 e. The maximum Gasteiger partial charge on any atom is 0.501 e. The minimum Gasteiger partial charge on any atom is -0.487 e. The number of unbranched alkanes of at least 4 members (excludes halogenated alkanes) is 10. The average Bonchev–Trinajstić information content (AvgIpc) is 2.70. The highest BCUT2D eigenvalue weighted by atomic mass is 32.1. The number of rotatable bonds is 22. The van der Waals surface area contributed by atoms with Gasteiger partial charge in [-0.3, -0.25) is 0 Å². The van der Waals surface area contributed by atoms with E-state index in [1.54, 1.807) is 0 Å². The molecule has 0 amide bonds. The Hall–Kier alpha value is -0.0131. The van der Waals surface area contributed by atoms with Crippen LogP contribution in [0, 0.1) is 0 Å². The van der Waals surface area contributed by atoms with E-state index in [9.17, 15) is 0 Å². The van der Waals surface area contributed by atoms with Crippen LogP contribution in [0.1, 0.15) is 111 Å². The first-order valence-corrected chi connectivity index (χ1v) is 14.6. The predicted octanol–water partition coefficient (Wildman–Crippen LogP) is 7.47. The van der Waals surface area contributed by atoms with Crippen molar-refractivity contribution in [3.63, 3.8) is 0 Å². The van der Waals surface area contributed by atoms with Gasteiger partial charge in [-0.1, -0.05) is 71.1 Å². The molecule has 0 bridgehead atoms. The van der Waals surface area contributed by atoms with E-state index in [0.29, 0.717) is 26.4 Å². The van der Waals surface area contributed by atoms with Crippen molar-refractivity contribution in [1.29, 1.82) is 0 Å². The molecule has 0 aromatic heterocycles. The van der Waals surface area contributed by atoms with Gasteiger partial charge in [0.05, 0.1) is 6.61 Å². The van der Waals surface area contributed by atoms with E-state index in [1.807, 2.05) is 20.8 Å². The van der Waals surface area contributed by atoms with Gasteiger partial charge >= 0.3 is 8.80 Å². The Labute approximate surface area is 187 Å². The Kier molecular flexibility index (Phi) is 21.2. The Balaban J connectivity index is 3.66. The molecule has 0 aliphatic heterocycles. The van der Waals surface area contributed by atoms with Crippen LogP contribution in [0.15, 0.2) is 0 Å². The van der Waals surface area contributed by atoms with Gasteiger partial charge in [-0.25, -0.2) is 0 Å². The van der Waals surface area contributed by atoms with Crippen LogP contribution < -0.4 is 0 Å². The van der Waals surface area contributed by atoms with Crippen LogP contribution in [-0.4, -0.2) is 40.3 Å². The van der Waals surface area contributed by atoms with Crippen molar-refractivity contribution in [2.75, 3.05) is 26.4 Å². The minimum atomic E-state index is -2.55. The molecule has 0 spiro atoms. The number of hydrogen-bond donors (Lipinski definition) is 0. The molecule has 0 fully saturated rings. The molecule has 0 saturated carbocycles. The highest BCUT2D eigenvalue weighted by molar-refractivity contribution is 7.80. The lowest BCUT2D eigenvalue weighted by Gasteiger charge is -2.28. The average molecular weight is 449 g/mol. The molecule has 0 N–H and O–H groups in total. The Morgan fingerprint density at radius 1 is 0.621 bits per heavy atom. The zero-order valence-corrected chi connectivity index (χ0v) is 21.6. The lowest BCUT2D eigenvalue weighted by atomic mass is 10.1. The quantitative estimate of drug-likeness (QED) is 0.0975. The summed E-state index contributed by atoms with van der Waals surface area (Å²) in [6, 6.07) is 0.781. The molecule has 4 nitrogen and oxygen atoms in total. The highest BCUT2D eigenvalue weighted by Crippen LogP contribution is 2.18. The van der Waals surface area contributed by atoms with Crippen LogP contribution in [-0.2, 0) is 18.0 Å². The molecule has 0 atom stereocenters. The second-order valence-corrected chi connectivity index (χ2v) is 10.8. The van der Waals surface area contributed by atoms with Gasteiger partial charge in [-0.05, 0) is 45.8 Å². The van der Waals surface area contributed by atoms with Gasteiger partial charge in [0.25, 0.3) is 0 Å². The first kappa shape index (κ1) is 29.0. The maximum absolute atomic E-state index is 5.87. The SMILES string of the molecule is CCCCCCCCCCCCCC(=S)OCCC[Si](OCC)(OCC)OCC. The van der Waals surface area contributed by atoms with Crippen molar-refractivity contribution in [2.45, 2.75) is 117 Å². The Bertz CT molecular complexity index is 352. The van der Waals surface area contributed by atoms with Crippen LogP contribution in [0.25, 0.3) is 0 Å². The Morgan fingerprint density at radius 3 is 1.52 bits per heavy atom.